The highest BCUT2D eigenvalue weighted by Crippen LogP contribution is 2.23. The zero-order chi connectivity index (χ0) is 46.0. The van der Waals surface area contributed by atoms with Crippen LogP contribution >= 0.6 is 35.3 Å². The van der Waals surface area contributed by atoms with E-state index in [1.54, 1.807) is 49.0 Å². The molecule has 18 nitrogen and oxygen atoms in total. The molecule has 63 heavy (non-hydrogen) atoms. The van der Waals surface area contributed by atoms with E-state index in [0.29, 0.717) is 126 Å². The van der Waals surface area contributed by atoms with Gasteiger partial charge < -0.3 is 71.4 Å². The molecule has 2 amide bonds. The van der Waals surface area contributed by atoms with Gasteiger partial charge in [0.15, 0.2) is 5.12 Å². The largest absolute Gasteiger partial charge is 0.379 e. The molecule has 0 radical (unpaired) electrons. The fourth-order valence-electron chi connectivity index (χ4n) is 5.69. The van der Waals surface area contributed by atoms with Gasteiger partial charge in [-0.15, -0.1) is 0 Å². The maximum Gasteiger partial charge on any atom is 0.282 e. The molecule has 2 heterocycles. The van der Waals surface area contributed by atoms with Gasteiger partial charge in [0.2, 0.25) is 11.6 Å². The monoisotopic (exact) mass is 962 g/mol. The highest BCUT2D eigenvalue weighted by atomic mass is 32.2. The van der Waals surface area contributed by atoms with Crippen LogP contribution < -0.4 is 0 Å². The average molecular weight is 963 g/mol. The topological polar surface area (TPSA) is 178 Å². The lowest BCUT2D eigenvalue weighted by atomic mass is 10.2. The Morgan fingerprint density at radius 1 is 0.524 bits per heavy atom. The first-order valence-corrected chi connectivity index (χ1v) is 25.2. The van der Waals surface area contributed by atoms with E-state index >= 15 is 0 Å². The van der Waals surface area contributed by atoms with Crippen LogP contribution in [-0.4, -0.2) is 239 Å². The van der Waals surface area contributed by atoms with Crippen LogP contribution in [-0.2, 0) is 76.0 Å². The zero-order valence-corrected chi connectivity index (χ0v) is 41.4. The van der Waals surface area contributed by atoms with Gasteiger partial charge in [-0.2, -0.15) is 23.5 Å². The van der Waals surface area contributed by atoms with Crippen LogP contribution in [0.15, 0.2) is 0 Å². The number of hydrogen-bond donors (Lipinski definition) is 0. The third-order valence-corrected chi connectivity index (χ3v) is 12.4. The summed E-state index contributed by atoms with van der Waals surface area (Å²) in [7, 11) is 6.71. The summed E-state index contributed by atoms with van der Waals surface area (Å²) in [6.07, 6.45) is 2.21. The minimum atomic E-state index is -1.27. The van der Waals surface area contributed by atoms with Crippen LogP contribution in [0.4, 0.5) is 0 Å². The van der Waals surface area contributed by atoms with Crippen molar-refractivity contribution in [1.82, 2.24) is 9.80 Å². The Kier molecular flexibility index (Phi) is 33.5. The van der Waals surface area contributed by atoms with Gasteiger partial charge in [-0.05, 0) is 44.6 Å². The molecule has 2 aliphatic rings. The molecular weight excluding hydrogens is 885 g/mol. The Morgan fingerprint density at radius 2 is 0.857 bits per heavy atom. The van der Waals surface area contributed by atoms with Crippen LogP contribution in [0.1, 0.15) is 40.0 Å². The van der Waals surface area contributed by atoms with E-state index < -0.39 is 11.6 Å². The van der Waals surface area contributed by atoms with E-state index in [9.17, 15) is 14.4 Å². The molecule has 2 aliphatic heterocycles. The van der Waals surface area contributed by atoms with E-state index in [-0.39, 0.29) is 35.2 Å². The van der Waals surface area contributed by atoms with E-state index in [0.717, 1.165) is 48.0 Å². The minimum absolute atomic E-state index is 0.0500. The molecule has 0 N–H and O–H groups in total. The maximum atomic E-state index is 12.3. The van der Waals surface area contributed by atoms with Crippen LogP contribution in [0.2, 0.25) is 0 Å². The van der Waals surface area contributed by atoms with E-state index in [2.05, 4.69) is 0 Å². The normalized spacial score (nSPS) is 22.0. The van der Waals surface area contributed by atoms with Gasteiger partial charge in [0.05, 0.1) is 112 Å². The predicted octanol–water partition coefficient (Wildman–Crippen LogP) is 2.86. The maximum absolute atomic E-state index is 12.3. The average Bonchev–Trinajstić information content (AvgIpc) is 3.26. The number of ether oxygens (including phenoxy) is 13. The Labute approximate surface area is 389 Å². The second-order valence-electron chi connectivity index (χ2n) is 15.2. The Balaban J connectivity index is 1.52. The van der Waals surface area contributed by atoms with Gasteiger partial charge in [-0.3, -0.25) is 14.4 Å². The fraction of sp³-hybridized carbons (Fsp3) is 0.929. The molecule has 0 aromatic rings. The van der Waals surface area contributed by atoms with Gasteiger partial charge in [0.1, 0.15) is 12.2 Å². The number of rotatable bonds is 39. The number of amides is 2. The third-order valence-electron chi connectivity index (χ3n) is 9.13. The van der Waals surface area contributed by atoms with Crippen LogP contribution in [0.25, 0.3) is 0 Å². The van der Waals surface area contributed by atoms with Gasteiger partial charge in [-0.1, -0.05) is 11.8 Å². The predicted molar refractivity (Wildman–Crippen MR) is 244 cm³/mol. The van der Waals surface area contributed by atoms with Crippen LogP contribution in [0.5, 0.6) is 0 Å². The van der Waals surface area contributed by atoms with Gasteiger partial charge in [0, 0.05) is 72.2 Å². The highest BCUT2D eigenvalue weighted by molar-refractivity contribution is 8.13. The molecular formula is C42H78N2O16S3. The van der Waals surface area contributed by atoms with Crippen molar-refractivity contribution < 1.29 is 76.0 Å². The van der Waals surface area contributed by atoms with Crippen molar-refractivity contribution in [2.45, 2.75) is 69.9 Å². The van der Waals surface area contributed by atoms with Crippen molar-refractivity contribution in [3.05, 3.63) is 0 Å². The number of carbonyl (C=O) groups excluding carboxylic acids is 3. The summed E-state index contributed by atoms with van der Waals surface area (Å²) in [5, 5.41) is 0.134. The van der Waals surface area contributed by atoms with Crippen LogP contribution in [0, 0.1) is 0 Å². The lowest BCUT2D eigenvalue weighted by molar-refractivity contribution is -0.278. The standard InChI is InChI=1S/C42H78N2O16S3/c1-35(45)63-28-8-11-48-14-15-49-16-17-50-18-19-51-20-21-52-22-23-53-24-25-56-38(33-61-26-9-12-54-36-29-57-41(2,58-30-36)39(46)43(4)5)34-62-27-10-13-55-37-31-59-42(3,60-32-37)40(47)44(6)7/h36-38H,8-34H2,1-7H3. The number of likely N-dealkylation sites (N-methyl/N-ethyl adjacent to an activating group) is 2. The summed E-state index contributed by atoms with van der Waals surface area (Å²) in [5.41, 5.74) is 0. The first-order chi connectivity index (χ1) is 30.4. The number of nitrogens with zero attached hydrogens (tertiary/aromatic N) is 2. The molecule has 0 atom stereocenters. The molecule has 0 saturated carbocycles. The van der Waals surface area contributed by atoms with Gasteiger partial charge in [0.25, 0.3) is 11.8 Å². The summed E-state index contributed by atoms with van der Waals surface area (Å²) in [4.78, 5) is 38.5. The van der Waals surface area contributed by atoms with Crippen LogP contribution in [0.3, 0.4) is 0 Å². The third kappa shape index (κ3) is 28.2. The smallest absolute Gasteiger partial charge is 0.282 e. The second kappa shape index (κ2) is 36.2. The number of hydrogen-bond acceptors (Lipinski definition) is 19. The summed E-state index contributed by atoms with van der Waals surface area (Å²) < 4.78 is 74.5. The molecule has 0 bridgehead atoms. The molecule has 2 rings (SSSR count). The lowest BCUT2D eigenvalue weighted by Gasteiger charge is -2.37. The lowest BCUT2D eigenvalue weighted by Crippen LogP contribution is -2.54. The molecule has 2 saturated heterocycles. The van der Waals surface area contributed by atoms with E-state index in [1.165, 1.54) is 21.6 Å². The first kappa shape index (κ1) is 58.3. The molecule has 0 aliphatic carbocycles. The second-order valence-corrected chi connectivity index (χ2v) is 18.8. The molecule has 2 fully saturated rings. The molecule has 0 aromatic carbocycles. The van der Waals surface area contributed by atoms with Crippen molar-refractivity contribution in [3.63, 3.8) is 0 Å². The van der Waals surface area contributed by atoms with Crippen molar-refractivity contribution in [3.8, 4) is 0 Å². The Morgan fingerprint density at radius 3 is 1.21 bits per heavy atom. The minimum Gasteiger partial charge on any atom is -0.379 e. The molecule has 0 spiro atoms. The fourth-order valence-corrected chi connectivity index (χ4v) is 8.32. The van der Waals surface area contributed by atoms with E-state index in [1.807, 2.05) is 23.5 Å². The first-order valence-electron chi connectivity index (χ1n) is 22.0. The highest BCUT2D eigenvalue weighted by Gasteiger charge is 2.42. The SMILES string of the molecule is CC(=O)SCCCOCCOCCOCCOCCOCCOCCOC(CSCCCOC1COC(C)(C(=O)N(C)C)OC1)CSCCCOC1COC(C)(C(=O)N(C)C)OC1. The molecule has 21 heteroatoms. The number of thioether (sulfide) groups is 3. The molecule has 0 aromatic heterocycles. The summed E-state index contributed by atoms with van der Waals surface area (Å²) in [6, 6.07) is 0. The molecule has 370 valence electrons. The summed E-state index contributed by atoms with van der Waals surface area (Å²) in [6.45, 7) is 13.7. The van der Waals surface area contributed by atoms with Crippen molar-refractivity contribution in [1.29, 1.82) is 0 Å². The summed E-state index contributed by atoms with van der Waals surface area (Å²) >= 11 is 4.98. The zero-order valence-electron chi connectivity index (χ0n) is 39.0. The van der Waals surface area contributed by atoms with Crippen molar-refractivity contribution >= 4 is 52.2 Å². The van der Waals surface area contributed by atoms with Crippen molar-refractivity contribution in [2.75, 3.05) is 182 Å². The number of carbonyl (C=O) groups is 3. The van der Waals surface area contributed by atoms with Crippen molar-refractivity contribution in [2.24, 2.45) is 0 Å². The van der Waals surface area contributed by atoms with E-state index in [4.69, 9.17) is 61.6 Å². The van der Waals surface area contributed by atoms with Gasteiger partial charge in [-0.25, -0.2) is 0 Å². The molecule has 0 unspecified atom stereocenters. The Bertz CT molecular complexity index is 1120. The summed E-state index contributed by atoms with van der Waals surface area (Å²) in [5.74, 6) is 1.30. The quantitative estimate of drug-likeness (QED) is 0.0821. The Hall–Kier alpha value is -0.860. The van der Waals surface area contributed by atoms with Gasteiger partial charge >= 0.3 is 0 Å².